The van der Waals surface area contributed by atoms with Gasteiger partial charge in [-0.2, -0.15) is 0 Å². The molecule has 1 atom stereocenters. The minimum absolute atomic E-state index is 0.430. The highest BCUT2D eigenvalue weighted by Gasteiger charge is 2.11. The lowest BCUT2D eigenvalue weighted by molar-refractivity contribution is 0.497. The van der Waals surface area contributed by atoms with Crippen LogP contribution in [0.2, 0.25) is 0 Å². The number of aromatic nitrogens is 1. The first kappa shape index (κ1) is 15.7. The summed E-state index contributed by atoms with van der Waals surface area (Å²) in [7, 11) is 0. The van der Waals surface area contributed by atoms with Crippen LogP contribution in [0.25, 0.3) is 0 Å². The Hall–Kier alpha value is -1.67. The van der Waals surface area contributed by atoms with E-state index in [4.69, 9.17) is 0 Å². The molecule has 0 aliphatic carbocycles. The lowest BCUT2D eigenvalue weighted by Gasteiger charge is -2.19. The average Bonchev–Trinajstić information content (AvgIpc) is 2.46. The fourth-order valence-electron chi connectivity index (χ4n) is 2.86. The first-order valence-corrected chi connectivity index (χ1v) is 7.91. The summed E-state index contributed by atoms with van der Waals surface area (Å²) in [6, 6.07) is 15.6. The first-order chi connectivity index (χ1) is 10.2. The van der Waals surface area contributed by atoms with Gasteiger partial charge in [0.2, 0.25) is 0 Å². The van der Waals surface area contributed by atoms with E-state index >= 15 is 0 Å². The van der Waals surface area contributed by atoms with Gasteiger partial charge in [-0.15, -0.1) is 0 Å². The highest BCUT2D eigenvalue weighted by Crippen LogP contribution is 2.21. The fourth-order valence-corrected chi connectivity index (χ4v) is 2.86. The maximum Gasteiger partial charge on any atom is 0.0379 e. The van der Waals surface area contributed by atoms with E-state index in [0.717, 1.165) is 30.8 Å². The lowest BCUT2D eigenvalue weighted by atomic mass is 9.98. The maximum absolute atomic E-state index is 4.48. The zero-order chi connectivity index (χ0) is 15.1. The van der Waals surface area contributed by atoms with E-state index in [9.17, 15) is 0 Å². The van der Waals surface area contributed by atoms with Gasteiger partial charge in [-0.05, 0) is 62.9 Å². The normalized spacial score (nSPS) is 12.3. The Bertz CT molecular complexity index is 528. The molecule has 112 valence electrons. The van der Waals surface area contributed by atoms with Crippen LogP contribution in [-0.2, 0) is 6.42 Å². The zero-order valence-electron chi connectivity index (χ0n) is 13.4. The number of aryl methyl sites for hydroxylation is 3. The van der Waals surface area contributed by atoms with Crippen molar-refractivity contribution in [2.24, 2.45) is 0 Å². The standard InChI is InChI=1S/C19H26N2/c1-4-20-19(18-13-15(2)21-16(3)14-18)12-8-11-17-9-6-5-7-10-17/h5-7,9-10,13-14,19-20H,4,8,11-12H2,1-3H3. The molecule has 2 nitrogen and oxygen atoms in total. The molecule has 1 aromatic heterocycles. The minimum atomic E-state index is 0.430. The van der Waals surface area contributed by atoms with Crippen molar-refractivity contribution in [3.63, 3.8) is 0 Å². The molecule has 1 unspecified atom stereocenters. The molecule has 0 aliphatic rings. The monoisotopic (exact) mass is 282 g/mol. The Labute approximate surface area is 128 Å². The van der Waals surface area contributed by atoms with Crippen molar-refractivity contribution in [3.8, 4) is 0 Å². The summed E-state index contributed by atoms with van der Waals surface area (Å²) in [4.78, 5) is 4.48. The smallest absolute Gasteiger partial charge is 0.0379 e. The van der Waals surface area contributed by atoms with E-state index in [0.29, 0.717) is 6.04 Å². The largest absolute Gasteiger partial charge is 0.310 e. The highest BCUT2D eigenvalue weighted by molar-refractivity contribution is 5.23. The van der Waals surface area contributed by atoms with Crippen LogP contribution in [0.4, 0.5) is 0 Å². The average molecular weight is 282 g/mol. The molecule has 1 aromatic carbocycles. The molecule has 21 heavy (non-hydrogen) atoms. The Kier molecular flexibility index (Phi) is 5.94. The second-order valence-electron chi connectivity index (χ2n) is 5.67. The second kappa shape index (κ2) is 7.94. The van der Waals surface area contributed by atoms with E-state index in [-0.39, 0.29) is 0 Å². The van der Waals surface area contributed by atoms with Crippen molar-refractivity contribution in [2.45, 2.75) is 46.1 Å². The third-order valence-corrected chi connectivity index (χ3v) is 3.76. The molecule has 0 saturated carbocycles. The number of pyridine rings is 1. The quantitative estimate of drug-likeness (QED) is 0.815. The predicted molar refractivity (Wildman–Crippen MR) is 89.5 cm³/mol. The van der Waals surface area contributed by atoms with Gasteiger partial charge in [-0.1, -0.05) is 37.3 Å². The van der Waals surface area contributed by atoms with Gasteiger partial charge in [0.15, 0.2) is 0 Å². The third-order valence-electron chi connectivity index (χ3n) is 3.76. The molecule has 0 bridgehead atoms. The van der Waals surface area contributed by atoms with Gasteiger partial charge >= 0.3 is 0 Å². The van der Waals surface area contributed by atoms with E-state index in [1.54, 1.807) is 0 Å². The van der Waals surface area contributed by atoms with Crippen LogP contribution < -0.4 is 5.32 Å². The molecule has 2 aromatic rings. The number of nitrogens with zero attached hydrogens (tertiary/aromatic N) is 1. The van der Waals surface area contributed by atoms with Crippen LogP contribution in [0.15, 0.2) is 42.5 Å². The molecule has 0 radical (unpaired) electrons. The summed E-state index contributed by atoms with van der Waals surface area (Å²) in [5, 5.41) is 3.61. The molecule has 2 heteroatoms. The van der Waals surface area contributed by atoms with E-state index in [2.05, 4.69) is 73.5 Å². The van der Waals surface area contributed by atoms with Crippen molar-refractivity contribution in [2.75, 3.05) is 6.54 Å². The lowest BCUT2D eigenvalue weighted by Crippen LogP contribution is -2.21. The summed E-state index contributed by atoms with van der Waals surface area (Å²) in [5.41, 5.74) is 5.01. The molecule has 0 spiro atoms. The topological polar surface area (TPSA) is 24.9 Å². The van der Waals surface area contributed by atoms with Crippen LogP contribution in [0, 0.1) is 13.8 Å². The Morgan fingerprint density at radius 1 is 1.05 bits per heavy atom. The van der Waals surface area contributed by atoms with E-state index in [1.165, 1.54) is 17.5 Å². The summed E-state index contributed by atoms with van der Waals surface area (Å²) >= 11 is 0. The molecule has 0 fully saturated rings. The number of nitrogens with one attached hydrogen (secondary N) is 1. The van der Waals surface area contributed by atoms with Crippen molar-refractivity contribution in [3.05, 3.63) is 65.0 Å². The molecule has 0 aliphatic heterocycles. The SMILES string of the molecule is CCNC(CCCc1ccccc1)c1cc(C)nc(C)c1. The van der Waals surface area contributed by atoms with E-state index < -0.39 is 0 Å². The second-order valence-corrected chi connectivity index (χ2v) is 5.67. The van der Waals surface area contributed by atoms with Crippen molar-refractivity contribution in [1.29, 1.82) is 0 Å². The van der Waals surface area contributed by atoms with Gasteiger partial charge in [-0.25, -0.2) is 0 Å². The number of benzene rings is 1. The number of hydrogen-bond donors (Lipinski definition) is 1. The van der Waals surface area contributed by atoms with Crippen LogP contribution >= 0.6 is 0 Å². The minimum Gasteiger partial charge on any atom is -0.310 e. The Morgan fingerprint density at radius 3 is 2.33 bits per heavy atom. The van der Waals surface area contributed by atoms with Gasteiger partial charge in [0.1, 0.15) is 0 Å². The third kappa shape index (κ3) is 4.98. The van der Waals surface area contributed by atoms with Crippen LogP contribution in [-0.4, -0.2) is 11.5 Å². The summed E-state index contributed by atoms with van der Waals surface area (Å²) in [6.07, 6.45) is 3.50. The molecule has 1 heterocycles. The van der Waals surface area contributed by atoms with Gasteiger partial charge in [0, 0.05) is 17.4 Å². The van der Waals surface area contributed by atoms with E-state index in [1.807, 2.05) is 0 Å². The summed E-state index contributed by atoms with van der Waals surface area (Å²) < 4.78 is 0. The van der Waals surface area contributed by atoms with Crippen LogP contribution in [0.3, 0.4) is 0 Å². The van der Waals surface area contributed by atoms with Gasteiger partial charge in [0.25, 0.3) is 0 Å². The van der Waals surface area contributed by atoms with Gasteiger partial charge in [-0.3, -0.25) is 4.98 Å². The predicted octanol–water partition coefficient (Wildman–Crippen LogP) is 4.37. The molecule has 0 amide bonds. The van der Waals surface area contributed by atoms with Crippen molar-refractivity contribution < 1.29 is 0 Å². The Balaban J connectivity index is 1.98. The molecular formula is C19H26N2. The molecule has 1 N–H and O–H groups in total. The number of rotatable bonds is 7. The number of hydrogen-bond acceptors (Lipinski definition) is 2. The fraction of sp³-hybridized carbons (Fsp3) is 0.421. The molecule has 2 rings (SSSR count). The van der Waals surface area contributed by atoms with Crippen molar-refractivity contribution >= 4 is 0 Å². The summed E-state index contributed by atoms with van der Waals surface area (Å²) in [6.45, 7) is 7.31. The zero-order valence-corrected chi connectivity index (χ0v) is 13.4. The van der Waals surface area contributed by atoms with Gasteiger partial charge < -0.3 is 5.32 Å². The molecular weight excluding hydrogens is 256 g/mol. The van der Waals surface area contributed by atoms with Crippen LogP contribution in [0.1, 0.15) is 48.3 Å². The van der Waals surface area contributed by atoms with Crippen LogP contribution in [0.5, 0.6) is 0 Å². The van der Waals surface area contributed by atoms with Gasteiger partial charge in [0.05, 0.1) is 0 Å². The van der Waals surface area contributed by atoms with Crippen molar-refractivity contribution in [1.82, 2.24) is 10.3 Å². The maximum atomic E-state index is 4.48. The Morgan fingerprint density at radius 2 is 1.71 bits per heavy atom. The highest BCUT2D eigenvalue weighted by atomic mass is 14.9. The molecule has 0 saturated heterocycles. The first-order valence-electron chi connectivity index (χ1n) is 7.91. The summed E-state index contributed by atoms with van der Waals surface area (Å²) in [5.74, 6) is 0.